The van der Waals surface area contributed by atoms with Gasteiger partial charge in [-0.2, -0.15) is 0 Å². The van der Waals surface area contributed by atoms with Gasteiger partial charge in [0, 0.05) is 5.41 Å². The number of hydrogen-bond acceptors (Lipinski definition) is 1. The Labute approximate surface area is 213 Å². The van der Waals surface area contributed by atoms with Crippen molar-refractivity contribution in [1.82, 2.24) is 0 Å². The minimum atomic E-state index is -0.724. The Balaban J connectivity index is 1.99. The molecule has 0 bridgehead atoms. The van der Waals surface area contributed by atoms with Crippen LogP contribution in [-0.4, -0.2) is 10.7 Å². The zero-order chi connectivity index (χ0) is 25.6. The first-order valence-corrected chi connectivity index (χ1v) is 13.5. The van der Waals surface area contributed by atoms with E-state index in [2.05, 4.69) is 101 Å². The first-order valence-electron chi connectivity index (χ1n) is 13.5. The highest BCUT2D eigenvalue weighted by Crippen LogP contribution is 2.41. The van der Waals surface area contributed by atoms with Crippen LogP contribution in [0.2, 0.25) is 0 Å². The minimum absolute atomic E-state index is 0.0179. The lowest BCUT2D eigenvalue weighted by Crippen LogP contribution is -2.26. The Hall–Kier alpha value is -2.64. The van der Waals surface area contributed by atoms with E-state index < -0.39 is 5.60 Å². The first-order chi connectivity index (χ1) is 16.8. The van der Waals surface area contributed by atoms with Crippen LogP contribution in [-0.2, 0) is 11.8 Å². The molecule has 3 aromatic carbocycles. The van der Waals surface area contributed by atoms with E-state index in [1.54, 1.807) is 0 Å². The average Bonchev–Trinajstić information content (AvgIpc) is 2.89. The van der Waals surface area contributed by atoms with Gasteiger partial charge in [0.05, 0.1) is 5.60 Å². The van der Waals surface area contributed by atoms with E-state index in [-0.39, 0.29) is 5.41 Å². The summed E-state index contributed by atoms with van der Waals surface area (Å²) in [6.07, 6.45) is 8.68. The predicted molar refractivity (Wildman–Crippen MR) is 153 cm³/mol. The van der Waals surface area contributed by atoms with Crippen molar-refractivity contribution in [2.24, 2.45) is 0 Å². The van der Waals surface area contributed by atoms with Crippen LogP contribution in [0.5, 0.6) is 0 Å². The molecule has 0 aromatic heterocycles. The summed E-state index contributed by atoms with van der Waals surface area (Å²) in [5, 5.41) is 10.7. The Morgan fingerprint density at radius 1 is 0.686 bits per heavy atom. The van der Waals surface area contributed by atoms with Crippen molar-refractivity contribution in [2.45, 2.75) is 91.6 Å². The molecule has 3 rings (SSSR count). The highest BCUT2D eigenvalue weighted by molar-refractivity contribution is 5.68. The maximum atomic E-state index is 10.7. The van der Waals surface area contributed by atoms with E-state index >= 15 is 0 Å². The predicted octanol–water partition coefficient (Wildman–Crippen LogP) is 9.20. The molecule has 1 N–H and O–H groups in total. The molecule has 0 saturated heterocycles. The van der Waals surface area contributed by atoms with Crippen molar-refractivity contribution in [3.8, 4) is 11.1 Å². The van der Waals surface area contributed by atoms with E-state index in [0.29, 0.717) is 0 Å². The molecular weight excluding hydrogens is 424 g/mol. The van der Waals surface area contributed by atoms with Gasteiger partial charge in [-0.1, -0.05) is 107 Å². The Morgan fingerprint density at radius 2 is 1.26 bits per heavy atom. The van der Waals surface area contributed by atoms with Crippen LogP contribution in [0.15, 0.2) is 66.7 Å². The van der Waals surface area contributed by atoms with E-state index in [9.17, 15) is 5.11 Å². The maximum absolute atomic E-state index is 10.7. The van der Waals surface area contributed by atoms with Gasteiger partial charge in [-0.05, 0) is 90.5 Å². The van der Waals surface area contributed by atoms with Gasteiger partial charge in [-0.3, -0.25) is 0 Å². The van der Waals surface area contributed by atoms with Crippen LogP contribution >= 0.6 is 0 Å². The molecule has 0 fully saturated rings. The second kappa shape index (κ2) is 11.4. The quantitative estimate of drug-likeness (QED) is 0.314. The Morgan fingerprint density at radius 3 is 1.74 bits per heavy atom. The molecule has 1 heteroatoms. The molecule has 186 valence electrons. The molecule has 0 saturated carbocycles. The average molecular weight is 469 g/mol. The lowest BCUT2D eigenvalue weighted by atomic mass is 9.69. The van der Waals surface area contributed by atoms with Crippen LogP contribution in [0.3, 0.4) is 0 Å². The molecule has 1 nitrogen and oxygen atoms in total. The molecule has 0 aliphatic carbocycles. The van der Waals surface area contributed by atoms with Gasteiger partial charge in [-0.25, -0.2) is 0 Å². The molecule has 0 aliphatic rings. The summed E-state index contributed by atoms with van der Waals surface area (Å²) in [6.45, 7) is 15.3. The van der Waals surface area contributed by atoms with Gasteiger partial charge in [0.15, 0.2) is 0 Å². The molecule has 0 atom stereocenters. The molecule has 0 aliphatic heterocycles. The van der Waals surface area contributed by atoms with Crippen molar-refractivity contribution in [3.05, 3.63) is 100 Å². The summed E-state index contributed by atoms with van der Waals surface area (Å²) in [4.78, 5) is 0. The third-order valence-electron chi connectivity index (χ3n) is 8.28. The van der Waals surface area contributed by atoms with Crippen molar-refractivity contribution < 1.29 is 5.11 Å². The summed E-state index contributed by atoms with van der Waals surface area (Å²) in [5.74, 6) is 0. The molecule has 0 spiro atoms. The number of hydrogen-bond donors (Lipinski definition) is 1. The fourth-order valence-corrected chi connectivity index (χ4v) is 5.33. The third-order valence-corrected chi connectivity index (χ3v) is 8.28. The second-order valence-corrected chi connectivity index (χ2v) is 10.1. The van der Waals surface area contributed by atoms with Crippen molar-refractivity contribution >= 4 is 6.08 Å². The molecule has 0 heterocycles. The Kier molecular flexibility index (Phi) is 8.78. The standard InChI is InChI=1S/C34H44O/c1-8-27-13-15-29(16-14-27)32-20-19-31(24-26(32)7)34(11-4,12-5)30-18-17-28(25(6)23-30)21-22-33(35,9-2)10-3/h13-24,35H,8-12H2,1-7H3/b22-21+. The van der Waals surface area contributed by atoms with Crippen molar-refractivity contribution in [1.29, 1.82) is 0 Å². The highest BCUT2D eigenvalue weighted by atomic mass is 16.3. The SMILES string of the molecule is CCc1ccc(-c2ccc(C(CC)(CC)c3ccc(/C=C/C(O)(CC)CC)c(C)c3)cc2C)cc1. The number of benzene rings is 3. The van der Waals surface area contributed by atoms with Crippen LogP contribution in [0.4, 0.5) is 0 Å². The van der Waals surface area contributed by atoms with E-state index in [0.717, 1.165) is 32.1 Å². The van der Waals surface area contributed by atoms with Gasteiger partial charge < -0.3 is 5.11 Å². The molecule has 0 unspecified atom stereocenters. The molecular formula is C34H44O. The number of aliphatic hydroxyl groups is 1. The summed E-state index contributed by atoms with van der Waals surface area (Å²) >= 11 is 0. The lowest BCUT2D eigenvalue weighted by molar-refractivity contribution is 0.0836. The van der Waals surface area contributed by atoms with Crippen LogP contribution < -0.4 is 0 Å². The largest absolute Gasteiger partial charge is 0.386 e. The molecule has 0 radical (unpaired) electrons. The third kappa shape index (κ3) is 5.62. The minimum Gasteiger partial charge on any atom is -0.386 e. The fraction of sp³-hybridized carbons (Fsp3) is 0.412. The number of rotatable bonds is 10. The van der Waals surface area contributed by atoms with Crippen LogP contribution in [0.25, 0.3) is 17.2 Å². The maximum Gasteiger partial charge on any atom is 0.0825 e. The van der Waals surface area contributed by atoms with Gasteiger partial charge in [0.25, 0.3) is 0 Å². The normalized spacial score (nSPS) is 12.5. The fourth-order valence-electron chi connectivity index (χ4n) is 5.33. The summed E-state index contributed by atoms with van der Waals surface area (Å²) in [6, 6.07) is 22.9. The Bertz CT molecular complexity index is 1140. The smallest absolute Gasteiger partial charge is 0.0825 e. The van der Waals surface area contributed by atoms with E-state index in [1.807, 2.05) is 19.9 Å². The van der Waals surface area contributed by atoms with Crippen LogP contribution in [0.1, 0.15) is 93.7 Å². The van der Waals surface area contributed by atoms with E-state index in [4.69, 9.17) is 0 Å². The van der Waals surface area contributed by atoms with Gasteiger partial charge in [0.1, 0.15) is 0 Å². The molecule has 0 amide bonds. The van der Waals surface area contributed by atoms with Crippen molar-refractivity contribution in [2.75, 3.05) is 0 Å². The van der Waals surface area contributed by atoms with E-state index in [1.165, 1.54) is 44.5 Å². The lowest BCUT2D eigenvalue weighted by Gasteiger charge is -2.34. The van der Waals surface area contributed by atoms with Gasteiger partial charge in [0.2, 0.25) is 0 Å². The molecule has 35 heavy (non-hydrogen) atoms. The first kappa shape index (κ1) is 27.0. The summed E-state index contributed by atoms with van der Waals surface area (Å²) in [5.41, 5.74) is 9.76. The zero-order valence-corrected chi connectivity index (χ0v) is 22.9. The zero-order valence-electron chi connectivity index (χ0n) is 22.9. The summed E-state index contributed by atoms with van der Waals surface area (Å²) in [7, 11) is 0. The topological polar surface area (TPSA) is 20.2 Å². The second-order valence-electron chi connectivity index (χ2n) is 10.1. The van der Waals surface area contributed by atoms with Gasteiger partial charge in [-0.15, -0.1) is 0 Å². The van der Waals surface area contributed by atoms with Crippen molar-refractivity contribution in [3.63, 3.8) is 0 Å². The highest BCUT2D eigenvalue weighted by Gasteiger charge is 2.31. The van der Waals surface area contributed by atoms with Crippen LogP contribution in [0, 0.1) is 13.8 Å². The monoisotopic (exact) mass is 468 g/mol. The molecule has 3 aromatic rings. The summed E-state index contributed by atoms with van der Waals surface area (Å²) < 4.78 is 0. The number of aryl methyl sites for hydroxylation is 3. The van der Waals surface area contributed by atoms with Gasteiger partial charge >= 0.3 is 0 Å².